The summed E-state index contributed by atoms with van der Waals surface area (Å²) in [5.74, 6) is -1.75. The van der Waals surface area contributed by atoms with Crippen LogP contribution in [-0.2, 0) is 9.05 Å². The molecule has 0 aliphatic carbocycles. The van der Waals surface area contributed by atoms with Gasteiger partial charge in [0.2, 0.25) is 5.76 Å². The highest BCUT2D eigenvalue weighted by atomic mass is 35.7. The van der Waals surface area contributed by atoms with Crippen LogP contribution in [0.5, 0.6) is 0 Å². The first-order valence-electron chi connectivity index (χ1n) is 3.10. The molecule has 0 aliphatic rings. The van der Waals surface area contributed by atoms with E-state index in [1.165, 1.54) is 6.92 Å². The number of hydrogen-bond donors (Lipinski definition) is 1. The summed E-state index contributed by atoms with van der Waals surface area (Å²) in [4.78, 5) is 10.1. The van der Waals surface area contributed by atoms with Gasteiger partial charge in [0, 0.05) is 16.2 Å². The van der Waals surface area contributed by atoms with Crippen molar-refractivity contribution >= 4 is 25.7 Å². The van der Waals surface area contributed by atoms with Crippen LogP contribution in [-0.4, -0.2) is 19.5 Å². The smallest absolute Gasteiger partial charge is 0.372 e. The van der Waals surface area contributed by atoms with Crippen molar-refractivity contribution in [3.05, 3.63) is 17.6 Å². The second-order valence-electron chi connectivity index (χ2n) is 2.30. The molecule has 1 heterocycles. The second-order valence-corrected chi connectivity index (χ2v) is 4.83. The van der Waals surface area contributed by atoms with Crippen LogP contribution in [0.1, 0.15) is 16.1 Å². The Morgan fingerprint density at radius 1 is 1.62 bits per heavy atom. The Balaban J connectivity index is 3.39. The monoisotopic (exact) mass is 224 g/mol. The van der Waals surface area contributed by atoms with E-state index < -0.39 is 20.8 Å². The molecule has 7 heteroatoms. The van der Waals surface area contributed by atoms with E-state index in [1.807, 2.05) is 0 Å². The van der Waals surface area contributed by atoms with E-state index in [1.54, 1.807) is 0 Å². The summed E-state index contributed by atoms with van der Waals surface area (Å²) in [6.45, 7) is 1.31. The lowest BCUT2D eigenvalue weighted by Crippen LogP contribution is -1.98. The Hall–Kier alpha value is -1.01. The van der Waals surface area contributed by atoms with Crippen molar-refractivity contribution in [3.63, 3.8) is 0 Å². The zero-order chi connectivity index (χ0) is 10.2. The SMILES string of the molecule is Cc1c(S(=O)(=O)Cl)coc1C(=O)O. The largest absolute Gasteiger partial charge is 0.475 e. The predicted octanol–water partition coefficient (Wildman–Crippen LogP) is 1.21. The van der Waals surface area contributed by atoms with Gasteiger partial charge in [-0.05, 0) is 6.92 Å². The third-order valence-corrected chi connectivity index (χ3v) is 2.88. The fourth-order valence-electron chi connectivity index (χ4n) is 0.852. The molecule has 0 atom stereocenters. The lowest BCUT2D eigenvalue weighted by molar-refractivity contribution is 0.0661. The summed E-state index contributed by atoms with van der Waals surface area (Å²) in [5, 5.41) is 8.51. The Kier molecular flexibility index (Phi) is 2.36. The Morgan fingerprint density at radius 2 is 2.15 bits per heavy atom. The standard InChI is InChI=1S/C6H5ClO5S/c1-3-4(13(7,10)11)2-12-5(3)6(8)9/h2H,1H3,(H,8,9). The normalized spacial score (nSPS) is 11.5. The third-order valence-electron chi connectivity index (χ3n) is 1.45. The number of halogens is 1. The molecule has 72 valence electrons. The number of aromatic carboxylic acids is 1. The van der Waals surface area contributed by atoms with Crippen LogP contribution in [0.25, 0.3) is 0 Å². The zero-order valence-electron chi connectivity index (χ0n) is 6.44. The molecule has 0 unspecified atom stereocenters. The second kappa shape index (κ2) is 3.04. The molecule has 0 saturated carbocycles. The van der Waals surface area contributed by atoms with Gasteiger partial charge in [-0.15, -0.1) is 0 Å². The van der Waals surface area contributed by atoms with E-state index >= 15 is 0 Å². The Morgan fingerprint density at radius 3 is 2.38 bits per heavy atom. The molecule has 0 aliphatic heterocycles. The minimum absolute atomic E-state index is 0.00231. The number of furan rings is 1. The van der Waals surface area contributed by atoms with Gasteiger partial charge in [0.25, 0.3) is 9.05 Å². The molecular weight excluding hydrogens is 220 g/mol. The van der Waals surface area contributed by atoms with Gasteiger partial charge in [0.05, 0.1) is 0 Å². The van der Waals surface area contributed by atoms with Crippen molar-refractivity contribution in [2.24, 2.45) is 0 Å². The van der Waals surface area contributed by atoms with Crippen molar-refractivity contribution < 1.29 is 22.7 Å². The summed E-state index contributed by atoms with van der Waals surface area (Å²) in [6.07, 6.45) is 0.807. The number of carboxylic acid groups (broad SMARTS) is 1. The highest BCUT2D eigenvalue weighted by Crippen LogP contribution is 2.24. The van der Waals surface area contributed by atoms with E-state index in [0.717, 1.165) is 6.26 Å². The maximum Gasteiger partial charge on any atom is 0.372 e. The molecule has 13 heavy (non-hydrogen) atoms. The van der Waals surface area contributed by atoms with Gasteiger partial charge in [0.1, 0.15) is 11.2 Å². The van der Waals surface area contributed by atoms with Crippen molar-refractivity contribution in [1.29, 1.82) is 0 Å². The minimum Gasteiger partial charge on any atom is -0.475 e. The molecule has 1 aromatic heterocycles. The van der Waals surface area contributed by atoms with Gasteiger partial charge in [0.15, 0.2) is 0 Å². The molecule has 0 saturated heterocycles. The van der Waals surface area contributed by atoms with Crippen LogP contribution in [0, 0.1) is 6.92 Å². The van der Waals surface area contributed by atoms with E-state index in [9.17, 15) is 13.2 Å². The first kappa shape index (κ1) is 10.1. The summed E-state index contributed by atoms with van der Waals surface area (Å²) in [5.41, 5.74) is 0.00231. The highest BCUT2D eigenvalue weighted by Gasteiger charge is 2.23. The average molecular weight is 225 g/mol. The molecule has 0 amide bonds. The van der Waals surface area contributed by atoms with E-state index in [2.05, 4.69) is 4.42 Å². The van der Waals surface area contributed by atoms with Crippen molar-refractivity contribution in [2.75, 3.05) is 0 Å². The van der Waals surface area contributed by atoms with E-state index in [4.69, 9.17) is 15.8 Å². The number of hydrogen-bond acceptors (Lipinski definition) is 4. The van der Waals surface area contributed by atoms with Crippen molar-refractivity contribution in [1.82, 2.24) is 0 Å². The lowest BCUT2D eigenvalue weighted by Gasteiger charge is -1.91. The first-order chi connectivity index (χ1) is 5.84. The van der Waals surface area contributed by atoms with Gasteiger partial charge < -0.3 is 9.52 Å². The summed E-state index contributed by atoms with van der Waals surface area (Å²) < 4.78 is 26.1. The first-order valence-corrected chi connectivity index (χ1v) is 5.41. The number of carboxylic acids is 1. The quantitative estimate of drug-likeness (QED) is 0.764. The molecular formula is C6H5ClO5S. The maximum absolute atomic E-state index is 10.8. The number of rotatable bonds is 2. The molecule has 0 fully saturated rings. The summed E-state index contributed by atoms with van der Waals surface area (Å²) in [6, 6.07) is 0. The van der Waals surface area contributed by atoms with Crippen molar-refractivity contribution in [2.45, 2.75) is 11.8 Å². The predicted molar refractivity (Wildman–Crippen MR) is 43.4 cm³/mol. The third kappa shape index (κ3) is 1.84. The molecule has 5 nitrogen and oxygen atoms in total. The topological polar surface area (TPSA) is 84.6 Å². The molecule has 0 aromatic carbocycles. The zero-order valence-corrected chi connectivity index (χ0v) is 8.02. The van der Waals surface area contributed by atoms with E-state index in [-0.39, 0.29) is 10.5 Å². The van der Waals surface area contributed by atoms with Gasteiger partial charge >= 0.3 is 5.97 Å². The fourth-order valence-corrected chi connectivity index (χ4v) is 1.93. The molecule has 1 N–H and O–H groups in total. The molecule has 0 bridgehead atoms. The van der Waals surface area contributed by atoms with Crippen LogP contribution in [0.4, 0.5) is 0 Å². The minimum atomic E-state index is -3.93. The van der Waals surface area contributed by atoms with Gasteiger partial charge in [-0.1, -0.05) is 0 Å². The van der Waals surface area contributed by atoms with Gasteiger partial charge in [-0.25, -0.2) is 13.2 Å². The van der Waals surface area contributed by atoms with Crippen LogP contribution in [0.3, 0.4) is 0 Å². The summed E-state index contributed by atoms with van der Waals surface area (Å²) in [7, 11) is 1.07. The van der Waals surface area contributed by atoms with Gasteiger partial charge in [-0.2, -0.15) is 0 Å². The van der Waals surface area contributed by atoms with Crippen LogP contribution in [0.15, 0.2) is 15.6 Å². The molecule has 0 spiro atoms. The molecule has 0 radical (unpaired) electrons. The van der Waals surface area contributed by atoms with Gasteiger partial charge in [-0.3, -0.25) is 0 Å². The van der Waals surface area contributed by atoms with Crippen molar-refractivity contribution in [3.8, 4) is 0 Å². The average Bonchev–Trinajstić information content (AvgIpc) is 2.28. The highest BCUT2D eigenvalue weighted by molar-refractivity contribution is 8.13. The lowest BCUT2D eigenvalue weighted by atomic mass is 10.3. The summed E-state index contributed by atoms with van der Waals surface area (Å²) >= 11 is 0. The Bertz CT molecular complexity index is 444. The van der Waals surface area contributed by atoms with Crippen LogP contribution < -0.4 is 0 Å². The molecule has 1 aromatic rings. The van der Waals surface area contributed by atoms with Crippen LogP contribution in [0.2, 0.25) is 0 Å². The maximum atomic E-state index is 10.8. The number of carbonyl (C=O) groups is 1. The molecule has 1 rings (SSSR count). The Labute approximate surface area is 78.3 Å². The van der Waals surface area contributed by atoms with Crippen LogP contribution >= 0.6 is 10.7 Å². The fraction of sp³-hybridized carbons (Fsp3) is 0.167. The van der Waals surface area contributed by atoms with E-state index in [0.29, 0.717) is 0 Å².